The fourth-order valence-electron chi connectivity index (χ4n) is 1.83. The van der Waals surface area contributed by atoms with E-state index < -0.39 is 0 Å². The van der Waals surface area contributed by atoms with Gasteiger partial charge >= 0.3 is 0 Å². The van der Waals surface area contributed by atoms with Gasteiger partial charge in [0.1, 0.15) is 5.82 Å². The second-order valence-corrected chi connectivity index (χ2v) is 4.58. The largest absolute Gasteiger partial charge is 0.353 e. The highest BCUT2D eigenvalue weighted by molar-refractivity contribution is 9.10. The van der Waals surface area contributed by atoms with Crippen molar-refractivity contribution in [3.63, 3.8) is 0 Å². The number of aromatic nitrogens is 1. The number of nitriles is 1. The van der Waals surface area contributed by atoms with Crippen molar-refractivity contribution >= 4 is 21.7 Å². The predicted octanol–water partition coefficient (Wildman–Crippen LogP) is 1.49. The molecular weight excluding hydrogens is 268 g/mol. The van der Waals surface area contributed by atoms with Crippen LogP contribution in [0.2, 0.25) is 0 Å². The van der Waals surface area contributed by atoms with Crippen LogP contribution in [0.4, 0.5) is 5.82 Å². The molecule has 0 spiro atoms. The van der Waals surface area contributed by atoms with E-state index in [0.717, 1.165) is 36.5 Å². The van der Waals surface area contributed by atoms with E-state index in [9.17, 15) is 0 Å². The minimum atomic E-state index is 0.525. The number of rotatable bonds is 2. The molecule has 84 valence electrons. The van der Waals surface area contributed by atoms with E-state index in [1.54, 1.807) is 0 Å². The zero-order chi connectivity index (χ0) is 11.4. The van der Waals surface area contributed by atoms with Gasteiger partial charge in [-0.25, -0.2) is 4.98 Å². The van der Waals surface area contributed by atoms with Crippen molar-refractivity contribution in [3.8, 4) is 6.07 Å². The smallest absolute Gasteiger partial charge is 0.142 e. The van der Waals surface area contributed by atoms with E-state index in [4.69, 9.17) is 5.26 Å². The molecule has 1 aliphatic heterocycles. The molecule has 1 aromatic rings. The fraction of sp³-hybridized carbons (Fsp3) is 0.455. The molecule has 0 amide bonds. The molecular formula is C11H13BrN4. The van der Waals surface area contributed by atoms with E-state index in [1.807, 2.05) is 18.3 Å². The minimum absolute atomic E-state index is 0.525. The summed E-state index contributed by atoms with van der Waals surface area (Å²) in [7, 11) is 0. The Bertz CT molecular complexity index is 393. The molecule has 0 aliphatic carbocycles. The maximum Gasteiger partial charge on any atom is 0.142 e. The van der Waals surface area contributed by atoms with Crippen LogP contribution in [0.15, 0.2) is 22.8 Å². The molecule has 0 bridgehead atoms. The Hall–Kier alpha value is -1.12. The molecule has 1 saturated heterocycles. The average molecular weight is 281 g/mol. The summed E-state index contributed by atoms with van der Waals surface area (Å²) in [6.45, 7) is 4.24. The van der Waals surface area contributed by atoms with Gasteiger partial charge in [-0.2, -0.15) is 5.26 Å². The minimum Gasteiger partial charge on any atom is -0.353 e. The maximum atomic E-state index is 8.62. The van der Waals surface area contributed by atoms with Crippen molar-refractivity contribution in [1.82, 2.24) is 9.88 Å². The van der Waals surface area contributed by atoms with Crippen molar-refractivity contribution in [2.75, 3.05) is 37.6 Å². The monoisotopic (exact) mass is 280 g/mol. The number of hydrogen-bond donors (Lipinski definition) is 0. The third-order valence-corrected chi connectivity index (χ3v) is 3.32. The second kappa shape index (κ2) is 5.28. The van der Waals surface area contributed by atoms with Crippen LogP contribution in [-0.4, -0.2) is 42.6 Å². The maximum absolute atomic E-state index is 8.62. The summed E-state index contributed by atoms with van der Waals surface area (Å²) in [6.07, 6.45) is 1.81. The predicted molar refractivity (Wildman–Crippen MR) is 66.2 cm³/mol. The molecule has 4 nitrogen and oxygen atoms in total. The van der Waals surface area contributed by atoms with Crippen LogP contribution in [0, 0.1) is 11.3 Å². The summed E-state index contributed by atoms with van der Waals surface area (Å²) in [5.41, 5.74) is 0. The Morgan fingerprint density at radius 3 is 2.75 bits per heavy atom. The van der Waals surface area contributed by atoms with Crippen LogP contribution in [0.25, 0.3) is 0 Å². The van der Waals surface area contributed by atoms with E-state index >= 15 is 0 Å². The molecule has 0 aromatic carbocycles. The van der Waals surface area contributed by atoms with Gasteiger partial charge in [0.2, 0.25) is 0 Å². The van der Waals surface area contributed by atoms with Gasteiger partial charge in [0.25, 0.3) is 0 Å². The molecule has 0 N–H and O–H groups in total. The lowest BCUT2D eigenvalue weighted by molar-refractivity contribution is 0.286. The van der Waals surface area contributed by atoms with Gasteiger partial charge in [-0.15, -0.1) is 0 Å². The second-order valence-electron chi connectivity index (χ2n) is 3.73. The standard InChI is InChI=1S/C11H13BrN4/c12-10-2-1-4-14-11(10)16-8-6-15(5-3-13)7-9-16/h1-2,4H,5-9H2. The molecule has 0 unspecified atom stereocenters. The average Bonchev–Trinajstić information content (AvgIpc) is 2.31. The highest BCUT2D eigenvalue weighted by Crippen LogP contribution is 2.23. The number of hydrogen-bond acceptors (Lipinski definition) is 4. The number of nitrogens with zero attached hydrogens (tertiary/aromatic N) is 4. The first-order valence-corrected chi connectivity index (χ1v) is 6.05. The molecule has 1 aliphatic rings. The number of halogens is 1. The first kappa shape index (κ1) is 11.4. The zero-order valence-electron chi connectivity index (χ0n) is 8.93. The van der Waals surface area contributed by atoms with Crippen LogP contribution >= 0.6 is 15.9 Å². The molecule has 1 aromatic heterocycles. The summed E-state index contributed by atoms with van der Waals surface area (Å²) in [4.78, 5) is 8.78. The summed E-state index contributed by atoms with van der Waals surface area (Å²) in [6, 6.07) is 6.11. The molecule has 1 fully saturated rings. The highest BCUT2D eigenvalue weighted by atomic mass is 79.9. The molecule has 16 heavy (non-hydrogen) atoms. The van der Waals surface area contributed by atoms with Crippen LogP contribution in [-0.2, 0) is 0 Å². The number of anilines is 1. The Kier molecular flexibility index (Phi) is 3.75. The summed E-state index contributed by atoms with van der Waals surface area (Å²) >= 11 is 3.51. The molecule has 2 rings (SSSR count). The van der Waals surface area contributed by atoms with Crippen LogP contribution in [0.1, 0.15) is 0 Å². The third kappa shape index (κ3) is 2.52. The summed E-state index contributed by atoms with van der Waals surface area (Å²) in [5.74, 6) is 0.999. The van der Waals surface area contributed by atoms with Gasteiger partial charge in [0.15, 0.2) is 0 Å². The van der Waals surface area contributed by atoms with Crippen molar-refractivity contribution in [2.24, 2.45) is 0 Å². The first-order valence-electron chi connectivity index (χ1n) is 5.26. The molecule has 0 atom stereocenters. The van der Waals surface area contributed by atoms with Gasteiger partial charge < -0.3 is 4.90 Å². The summed E-state index contributed by atoms with van der Waals surface area (Å²) in [5, 5.41) is 8.62. The Labute approximate surface area is 104 Å². The van der Waals surface area contributed by atoms with Gasteiger partial charge in [-0.3, -0.25) is 4.90 Å². The van der Waals surface area contributed by atoms with Crippen molar-refractivity contribution in [3.05, 3.63) is 22.8 Å². The highest BCUT2D eigenvalue weighted by Gasteiger charge is 2.18. The van der Waals surface area contributed by atoms with Gasteiger partial charge in [0, 0.05) is 32.4 Å². The third-order valence-electron chi connectivity index (χ3n) is 2.71. The normalized spacial score (nSPS) is 17.1. The lowest BCUT2D eigenvalue weighted by Crippen LogP contribution is -2.46. The molecule has 0 radical (unpaired) electrons. The SMILES string of the molecule is N#CCN1CCN(c2ncccc2Br)CC1. The lowest BCUT2D eigenvalue weighted by Gasteiger charge is -2.34. The van der Waals surface area contributed by atoms with Crippen LogP contribution in [0.5, 0.6) is 0 Å². The Balaban J connectivity index is 2.00. The molecule has 2 heterocycles. The number of pyridine rings is 1. The van der Waals surface area contributed by atoms with Gasteiger partial charge in [-0.05, 0) is 28.1 Å². The topological polar surface area (TPSA) is 43.2 Å². The van der Waals surface area contributed by atoms with E-state index in [-0.39, 0.29) is 0 Å². The van der Waals surface area contributed by atoms with Gasteiger partial charge in [0.05, 0.1) is 17.1 Å². The van der Waals surface area contributed by atoms with Crippen molar-refractivity contribution in [1.29, 1.82) is 5.26 Å². The van der Waals surface area contributed by atoms with Gasteiger partial charge in [-0.1, -0.05) is 0 Å². The molecule has 0 saturated carbocycles. The van der Waals surface area contributed by atoms with E-state index in [0.29, 0.717) is 6.54 Å². The van der Waals surface area contributed by atoms with E-state index in [2.05, 4.69) is 36.8 Å². The zero-order valence-corrected chi connectivity index (χ0v) is 10.5. The quantitative estimate of drug-likeness (QED) is 0.770. The lowest BCUT2D eigenvalue weighted by atomic mass is 10.3. The first-order chi connectivity index (χ1) is 7.81. The van der Waals surface area contributed by atoms with Crippen molar-refractivity contribution < 1.29 is 0 Å². The van der Waals surface area contributed by atoms with Crippen LogP contribution < -0.4 is 4.90 Å². The Morgan fingerprint density at radius 1 is 1.38 bits per heavy atom. The van der Waals surface area contributed by atoms with E-state index in [1.165, 1.54) is 0 Å². The number of piperazine rings is 1. The van der Waals surface area contributed by atoms with Crippen molar-refractivity contribution in [2.45, 2.75) is 0 Å². The Morgan fingerprint density at radius 2 is 2.12 bits per heavy atom. The summed E-state index contributed by atoms with van der Waals surface area (Å²) < 4.78 is 1.03. The van der Waals surface area contributed by atoms with Crippen LogP contribution in [0.3, 0.4) is 0 Å². The molecule has 5 heteroatoms. The fourth-order valence-corrected chi connectivity index (χ4v) is 2.33.